The smallest absolute Gasteiger partial charge is 0.193 e. The first-order chi connectivity index (χ1) is 18.1. The molecule has 10 heteroatoms. The van der Waals surface area contributed by atoms with Gasteiger partial charge in [0.2, 0.25) is 0 Å². The van der Waals surface area contributed by atoms with Gasteiger partial charge in [0.1, 0.15) is 5.82 Å². The molecule has 3 aromatic carbocycles. The second-order valence-corrected chi connectivity index (χ2v) is 9.77. The second-order valence-electron chi connectivity index (χ2n) is 8.06. The van der Waals surface area contributed by atoms with E-state index in [1.165, 1.54) is 0 Å². The van der Waals surface area contributed by atoms with Crippen LogP contribution in [-0.2, 0) is 0 Å². The molecule has 0 aliphatic heterocycles. The van der Waals surface area contributed by atoms with Gasteiger partial charge in [-0.2, -0.15) is 5.10 Å². The van der Waals surface area contributed by atoms with Gasteiger partial charge in [-0.25, -0.2) is 15.0 Å². The van der Waals surface area contributed by atoms with Crippen LogP contribution in [0.25, 0.3) is 33.8 Å². The number of fused-ring (bicyclic) bond motifs is 3. The minimum Gasteiger partial charge on any atom is -0.278 e. The number of pyridine rings is 1. The molecule has 0 atom stereocenters. The van der Waals surface area contributed by atoms with Crippen LogP contribution in [0.5, 0.6) is 0 Å². The molecule has 6 aromatic rings. The van der Waals surface area contributed by atoms with Crippen LogP contribution in [-0.4, -0.2) is 24.1 Å². The molecule has 0 spiro atoms. The summed E-state index contributed by atoms with van der Waals surface area (Å²) in [6.07, 6.45) is 1.72. The Hall–Kier alpha value is -3.92. The number of nitrogens with zero attached hydrogens (tertiary/aromatic N) is 6. The van der Waals surface area contributed by atoms with Crippen LogP contribution in [0.15, 0.2) is 107 Å². The Balaban J connectivity index is 1.80. The van der Waals surface area contributed by atoms with Crippen LogP contribution < -0.4 is 10.8 Å². The predicted molar refractivity (Wildman–Crippen MR) is 153 cm³/mol. The molecule has 37 heavy (non-hydrogen) atoms. The van der Waals surface area contributed by atoms with Crippen molar-refractivity contribution in [3.63, 3.8) is 0 Å². The molecular formula is C27H17BrClN7S. The van der Waals surface area contributed by atoms with Gasteiger partial charge in [0, 0.05) is 15.7 Å². The normalized spacial score (nSPS) is 11.8. The highest BCUT2D eigenvalue weighted by Gasteiger charge is 2.17. The van der Waals surface area contributed by atoms with Gasteiger partial charge < -0.3 is 0 Å². The first-order valence-electron chi connectivity index (χ1n) is 11.3. The zero-order chi connectivity index (χ0) is 25.4. The molecule has 3 aromatic heterocycles. The van der Waals surface area contributed by atoms with Crippen molar-refractivity contribution in [2.24, 2.45) is 5.10 Å². The van der Waals surface area contributed by atoms with Gasteiger partial charge in [-0.15, -0.1) is 0 Å². The van der Waals surface area contributed by atoms with Gasteiger partial charge in [0.05, 0.1) is 22.4 Å². The Morgan fingerprint density at radius 1 is 0.784 bits per heavy atom. The number of halogens is 2. The third kappa shape index (κ3) is 4.53. The van der Waals surface area contributed by atoms with E-state index < -0.39 is 0 Å². The summed E-state index contributed by atoms with van der Waals surface area (Å²) in [5.41, 5.74) is 7.20. The second kappa shape index (κ2) is 9.85. The molecule has 6 rings (SSSR count). The van der Waals surface area contributed by atoms with Crippen molar-refractivity contribution < 1.29 is 0 Å². The van der Waals surface area contributed by atoms with E-state index in [0.29, 0.717) is 43.3 Å². The van der Waals surface area contributed by atoms with Crippen LogP contribution in [0.3, 0.4) is 0 Å². The molecule has 0 saturated heterocycles. The maximum absolute atomic E-state index is 6.21. The van der Waals surface area contributed by atoms with E-state index >= 15 is 0 Å². The number of nitrogens with one attached hydrogen (secondary N) is 1. The van der Waals surface area contributed by atoms with Crippen molar-refractivity contribution in [3.05, 3.63) is 117 Å². The Labute approximate surface area is 229 Å². The molecule has 180 valence electrons. The van der Waals surface area contributed by atoms with E-state index in [0.717, 1.165) is 15.8 Å². The fourth-order valence-electron chi connectivity index (χ4n) is 3.94. The summed E-state index contributed by atoms with van der Waals surface area (Å²) in [5.74, 6) is 0.611. The first-order valence-corrected chi connectivity index (χ1v) is 12.8. The Morgan fingerprint density at radius 3 is 2.08 bits per heavy atom. The van der Waals surface area contributed by atoms with Crippen molar-refractivity contribution >= 4 is 67.8 Å². The van der Waals surface area contributed by atoms with Crippen LogP contribution in [0.4, 0.5) is 5.69 Å². The predicted octanol–water partition coefficient (Wildman–Crippen LogP) is 6.83. The number of para-hydroxylation sites is 2. The first kappa shape index (κ1) is 23.5. The summed E-state index contributed by atoms with van der Waals surface area (Å²) >= 11 is 15.7. The van der Waals surface area contributed by atoms with E-state index in [-0.39, 0.29) is 0 Å². The highest BCUT2D eigenvalue weighted by atomic mass is 79.9. The topological polar surface area (TPSA) is 72.9 Å². The molecule has 0 radical (unpaired) electrons. The number of rotatable bonds is 4. The molecule has 0 unspecified atom stereocenters. The molecule has 0 fully saturated rings. The summed E-state index contributed by atoms with van der Waals surface area (Å²) < 4.78 is 5.09. The van der Waals surface area contributed by atoms with Crippen LogP contribution in [0.1, 0.15) is 0 Å². The lowest BCUT2D eigenvalue weighted by molar-refractivity contribution is 0.865. The summed E-state index contributed by atoms with van der Waals surface area (Å²) in [6, 6.07) is 28.5. The van der Waals surface area contributed by atoms with Crippen molar-refractivity contribution in [3.8, 4) is 11.5 Å². The third-order valence-electron chi connectivity index (χ3n) is 5.67. The molecule has 7 nitrogen and oxygen atoms in total. The van der Waals surface area contributed by atoms with E-state index in [4.69, 9.17) is 38.9 Å². The fourth-order valence-corrected chi connectivity index (χ4v) is 4.70. The number of anilines is 1. The number of aromatic nitrogens is 5. The van der Waals surface area contributed by atoms with Gasteiger partial charge in [-0.3, -0.25) is 14.6 Å². The van der Waals surface area contributed by atoms with Crippen molar-refractivity contribution in [2.45, 2.75) is 0 Å². The van der Waals surface area contributed by atoms with Crippen LogP contribution in [0, 0.1) is 4.77 Å². The highest BCUT2D eigenvalue weighted by Crippen LogP contribution is 2.21. The largest absolute Gasteiger partial charge is 0.278 e. The number of benzene rings is 3. The molecule has 1 N–H and O–H groups in total. The Kier molecular flexibility index (Phi) is 6.25. The Morgan fingerprint density at radius 2 is 1.43 bits per heavy atom. The standard InChI is InChI=1S/C27H17BrClN7S/c28-17-8-12-19(13-9-17)33-34-24-25-31-21-5-1-2-6-22(21)32-26(24)36(23-7-3-4-16-30-23)27(37)35(25)20-14-10-18(29)11-15-20/h1-16,33H. The zero-order valence-electron chi connectivity index (χ0n) is 19.1. The van der Waals surface area contributed by atoms with Gasteiger partial charge in [0.15, 0.2) is 21.4 Å². The minimum absolute atomic E-state index is 0.439. The molecule has 0 saturated carbocycles. The van der Waals surface area contributed by atoms with Gasteiger partial charge >= 0.3 is 0 Å². The molecule has 0 aliphatic carbocycles. The van der Waals surface area contributed by atoms with Crippen LogP contribution in [0.2, 0.25) is 5.02 Å². The third-order valence-corrected chi connectivity index (χ3v) is 6.81. The summed E-state index contributed by atoms with van der Waals surface area (Å²) in [4.78, 5) is 14.6. The SMILES string of the molecule is S=c1n(-c2ccc(Cl)cc2)c2nc3ccccc3nc(c2=NNc2ccc(Br)cc2)n1-c1ccccn1. The lowest BCUT2D eigenvalue weighted by atomic mass is 10.3. The molecule has 3 heterocycles. The van der Waals surface area contributed by atoms with E-state index in [2.05, 4.69) is 26.3 Å². The molecule has 0 amide bonds. The average molecular weight is 587 g/mol. The fraction of sp³-hybridized carbons (Fsp3) is 0. The lowest BCUT2D eigenvalue weighted by Crippen LogP contribution is -2.23. The summed E-state index contributed by atoms with van der Waals surface area (Å²) in [5, 5.41) is 5.93. The summed E-state index contributed by atoms with van der Waals surface area (Å²) in [7, 11) is 0. The summed E-state index contributed by atoms with van der Waals surface area (Å²) in [6.45, 7) is 0. The van der Waals surface area contributed by atoms with E-state index in [1.54, 1.807) is 6.20 Å². The molecule has 0 aliphatic rings. The number of hydrogen-bond donors (Lipinski definition) is 1. The monoisotopic (exact) mass is 585 g/mol. The maximum Gasteiger partial charge on any atom is 0.193 e. The van der Waals surface area contributed by atoms with Crippen molar-refractivity contribution in [1.29, 1.82) is 0 Å². The van der Waals surface area contributed by atoms with Gasteiger partial charge in [-0.1, -0.05) is 45.7 Å². The van der Waals surface area contributed by atoms with Crippen molar-refractivity contribution in [2.75, 3.05) is 5.43 Å². The van der Waals surface area contributed by atoms with Crippen LogP contribution >= 0.6 is 39.7 Å². The van der Waals surface area contributed by atoms with E-state index in [9.17, 15) is 0 Å². The number of hydrogen-bond acceptors (Lipinski definition) is 6. The average Bonchev–Trinajstić information content (AvgIpc) is 3.04. The van der Waals surface area contributed by atoms with E-state index in [1.807, 2.05) is 100 Å². The minimum atomic E-state index is 0.439. The highest BCUT2D eigenvalue weighted by molar-refractivity contribution is 9.10. The van der Waals surface area contributed by atoms with Gasteiger partial charge in [0.25, 0.3) is 0 Å². The molecule has 2 bridgehead atoms. The van der Waals surface area contributed by atoms with Gasteiger partial charge in [-0.05, 0) is 85.0 Å². The maximum atomic E-state index is 6.21. The quantitative estimate of drug-likeness (QED) is 0.181. The Bertz CT molecular complexity index is 1880. The zero-order valence-corrected chi connectivity index (χ0v) is 22.2. The lowest BCUT2D eigenvalue weighted by Gasteiger charge is -2.15. The molecular weight excluding hydrogens is 570 g/mol. The van der Waals surface area contributed by atoms with Crippen molar-refractivity contribution in [1.82, 2.24) is 24.1 Å².